The Labute approximate surface area is 160 Å². The molecule has 0 spiro atoms. The Kier molecular flexibility index (Phi) is 5.16. The molecule has 0 radical (unpaired) electrons. The molecular formula is C20H14Cl2O4. The van der Waals surface area contributed by atoms with E-state index in [9.17, 15) is 9.59 Å². The van der Waals surface area contributed by atoms with E-state index >= 15 is 0 Å². The number of hydrogen-bond donors (Lipinski definition) is 0. The van der Waals surface area contributed by atoms with E-state index in [2.05, 4.69) is 0 Å². The number of benzene rings is 2. The molecular weight excluding hydrogens is 375 g/mol. The number of carbonyl (C=O) groups is 2. The van der Waals surface area contributed by atoms with Gasteiger partial charge in [-0.1, -0.05) is 53.0 Å². The van der Waals surface area contributed by atoms with Crippen LogP contribution in [0.3, 0.4) is 0 Å². The highest BCUT2D eigenvalue weighted by Gasteiger charge is 2.23. The normalized spacial score (nSPS) is 15.0. The first-order valence-corrected chi connectivity index (χ1v) is 8.49. The molecule has 3 rings (SSSR count). The van der Waals surface area contributed by atoms with Crippen molar-refractivity contribution in [1.82, 2.24) is 0 Å². The lowest BCUT2D eigenvalue weighted by molar-refractivity contribution is -0.132. The first-order valence-electron chi connectivity index (χ1n) is 7.73. The number of halogens is 2. The largest absolute Gasteiger partial charge is 0.424 e. The summed E-state index contributed by atoms with van der Waals surface area (Å²) >= 11 is 12.2. The number of hydrogen-bond acceptors (Lipinski definition) is 4. The van der Waals surface area contributed by atoms with Crippen LogP contribution in [0.2, 0.25) is 10.0 Å². The van der Waals surface area contributed by atoms with Crippen LogP contribution in [-0.2, 0) is 14.3 Å². The molecule has 0 bridgehead atoms. The van der Waals surface area contributed by atoms with Crippen molar-refractivity contribution in [1.29, 1.82) is 0 Å². The summed E-state index contributed by atoms with van der Waals surface area (Å²) in [6, 6.07) is 10.6. The number of cyclic esters (lactones) is 1. The second-order valence-corrected chi connectivity index (χ2v) is 6.61. The molecule has 0 atom stereocenters. The van der Waals surface area contributed by atoms with Gasteiger partial charge in [0.05, 0.1) is 10.6 Å². The summed E-state index contributed by atoms with van der Waals surface area (Å²) in [4.78, 5) is 23.5. The lowest BCUT2D eigenvalue weighted by Gasteiger charge is -2.09. The Morgan fingerprint density at radius 3 is 2.50 bits per heavy atom. The van der Waals surface area contributed by atoms with E-state index in [0.717, 1.165) is 11.1 Å². The molecule has 1 aliphatic heterocycles. The molecule has 0 aliphatic carbocycles. The molecule has 4 nitrogen and oxygen atoms in total. The minimum Gasteiger partial charge on any atom is -0.424 e. The summed E-state index contributed by atoms with van der Waals surface area (Å²) in [6.07, 6.45) is 3.15. The number of aryl methyl sites for hydroxylation is 1. The summed E-state index contributed by atoms with van der Waals surface area (Å²) in [5.74, 6) is -0.450. The average molecular weight is 389 g/mol. The second-order valence-electron chi connectivity index (χ2n) is 5.76. The number of esters is 2. The van der Waals surface area contributed by atoms with Crippen LogP contribution in [-0.4, -0.2) is 11.9 Å². The highest BCUT2D eigenvalue weighted by atomic mass is 35.5. The van der Waals surface area contributed by atoms with Gasteiger partial charge < -0.3 is 9.47 Å². The fourth-order valence-corrected chi connectivity index (χ4v) is 3.00. The third-order valence-electron chi connectivity index (χ3n) is 3.65. The molecule has 2 aromatic carbocycles. The number of rotatable bonds is 3. The summed E-state index contributed by atoms with van der Waals surface area (Å²) in [6.45, 7) is 3.24. The summed E-state index contributed by atoms with van der Waals surface area (Å²) < 4.78 is 10.5. The average Bonchev–Trinajstić information content (AvgIpc) is 2.92. The first kappa shape index (κ1) is 18.2. The van der Waals surface area contributed by atoms with Gasteiger partial charge in [0, 0.05) is 23.1 Å². The molecule has 0 N–H and O–H groups in total. The monoisotopic (exact) mass is 388 g/mol. The fraction of sp³-hybridized carbons (Fsp3) is 0.100. The molecule has 0 saturated heterocycles. The van der Waals surface area contributed by atoms with E-state index in [1.54, 1.807) is 12.1 Å². The SMILES string of the molecule is CC(=O)Oc1c(Cl)cc(Cl)cc1/C=C1\C=C(c2ccc(C)cc2)OC1=O. The van der Waals surface area contributed by atoms with Crippen molar-refractivity contribution in [3.05, 3.63) is 74.8 Å². The third-order valence-corrected chi connectivity index (χ3v) is 4.15. The topological polar surface area (TPSA) is 52.6 Å². The van der Waals surface area contributed by atoms with Crippen molar-refractivity contribution in [2.75, 3.05) is 0 Å². The molecule has 0 unspecified atom stereocenters. The van der Waals surface area contributed by atoms with Crippen LogP contribution in [0.5, 0.6) is 5.75 Å². The zero-order valence-corrected chi connectivity index (χ0v) is 15.5. The molecule has 0 fully saturated rings. The van der Waals surface area contributed by atoms with Gasteiger partial charge in [-0.3, -0.25) is 4.79 Å². The van der Waals surface area contributed by atoms with Crippen LogP contribution in [0.25, 0.3) is 11.8 Å². The number of ether oxygens (including phenoxy) is 2. The van der Waals surface area contributed by atoms with Crippen LogP contribution >= 0.6 is 23.2 Å². The van der Waals surface area contributed by atoms with Gasteiger partial charge in [0.1, 0.15) is 5.76 Å². The Morgan fingerprint density at radius 2 is 1.85 bits per heavy atom. The second kappa shape index (κ2) is 7.36. The zero-order chi connectivity index (χ0) is 18.8. The molecule has 0 aromatic heterocycles. The van der Waals surface area contributed by atoms with Crippen LogP contribution in [0, 0.1) is 6.92 Å². The Hall–Kier alpha value is -2.56. The van der Waals surface area contributed by atoms with E-state index < -0.39 is 11.9 Å². The van der Waals surface area contributed by atoms with Crippen molar-refractivity contribution in [2.24, 2.45) is 0 Å². The van der Waals surface area contributed by atoms with Gasteiger partial charge in [0.25, 0.3) is 0 Å². The molecule has 6 heteroatoms. The number of carbonyl (C=O) groups excluding carboxylic acids is 2. The summed E-state index contributed by atoms with van der Waals surface area (Å²) in [5, 5.41) is 0.528. The lowest BCUT2D eigenvalue weighted by Crippen LogP contribution is -2.04. The van der Waals surface area contributed by atoms with E-state index in [-0.39, 0.29) is 10.8 Å². The molecule has 132 valence electrons. The first-order chi connectivity index (χ1) is 12.3. The van der Waals surface area contributed by atoms with Crippen molar-refractivity contribution < 1.29 is 19.1 Å². The van der Waals surface area contributed by atoms with Gasteiger partial charge in [-0.15, -0.1) is 0 Å². The third kappa shape index (κ3) is 3.98. The van der Waals surface area contributed by atoms with Crippen molar-refractivity contribution in [3.63, 3.8) is 0 Å². The van der Waals surface area contributed by atoms with Crippen LogP contribution in [0.15, 0.2) is 48.0 Å². The van der Waals surface area contributed by atoms with Gasteiger partial charge in [0.2, 0.25) is 0 Å². The Bertz CT molecular complexity index is 957. The van der Waals surface area contributed by atoms with Crippen molar-refractivity contribution in [3.8, 4) is 5.75 Å². The smallest absolute Gasteiger partial charge is 0.343 e. The predicted molar refractivity (Wildman–Crippen MR) is 101 cm³/mol. The maximum absolute atomic E-state index is 12.2. The van der Waals surface area contributed by atoms with Crippen LogP contribution < -0.4 is 4.74 Å². The molecule has 0 saturated carbocycles. The van der Waals surface area contributed by atoms with Gasteiger partial charge in [-0.05, 0) is 31.2 Å². The van der Waals surface area contributed by atoms with Crippen molar-refractivity contribution >= 4 is 47.0 Å². The van der Waals surface area contributed by atoms with Gasteiger partial charge in [0.15, 0.2) is 5.75 Å². The fourth-order valence-electron chi connectivity index (χ4n) is 2.46. The molecule has 0 amide bonds. The standard InChI is InChI=1S/C20H14Cl2O4/c1-11-3-5-13(6-4-11)18-9-15(20(24)26-18)7-14-8-16(21)10-17(22)19(14)25-12(2)23/h3-10H,1-2H3/b15-7+. The molecule has 2 aromatic rings. The predicted octanol–water partition coefficient (Wildman–Crippen LogP) is 5.21. The van der Waals surface area contributed by atoms with Gasteiger partial charge in [-0.25, -0.2) is 4.79 Å². The van der Waals surface area contributed by atoms with Gasteiger partial charge >= 0.3 is 11.9 Å². The highest BCUT2D eigenvalue weighted by molar-refractivity contribution is 6.36. The molecule has 1 aliphatic rings. The maximum atomic E-state index is 12.2. The van der Waals surface area contributed by atoms with E-state index in [0.29, 0.717) is 21.9 Å². The van der Waals surface area contributed by atoms with E-state index in [4.69, 9.17) is 32.7 Å². The molecule has 26 heavy (non-hydrogen) atoms. The Balaban J connectivity index is 2.03. The van der Waals surface area contributed by atoms with Crippen LogP contribution in [0.4, 0.5) is 0 Å². The van der Waals surface area contributed by atoms with Gasteiger partial charge in [-0.2, -0.15) is 0 Å². The van der Waals surface area contributed by atoms with Crippen LogP contribution in [0.1, 0.15) is 23.6 Å². The van der Waals surface area contributed by atoms with Crippen molar-refractivity contribution in [2.45, 2.75) is 13.8 Å². The van der Waals surface area contributed by atoms with E-state index in [1.807, 2.05) is 31.2 Å². The summed E-state index contributed by atoms with van der Waals surface area (Å²) in [7, 11) is 0. The minimum absolute atomic E-state index is 0.140. The quantitative estimate of drug-likeness (QED) is 0.411. The molecule has 1 heterocycles. The van der Waals surface area contributed by atoms with E-state index in [1.165, 1.54) is 19.1 Å². The maximum Gasteiger partial charge on any atom is 0.343 e. The minimum atomic E-state index is -0.529. The lowest BCUT2D eigenvalue weighted by atomic mass is 10.1. The summed E-state index contributed by atoms with van der Waals surface area (Å²) in [5.41, 5.74) is 2.60. The zero-order valence-electron chi connectivity index (χ0n) is 14.0. The Morgan fingerprint density at radius 1 is 1.15 bits per heavy atom. The highest BCUT2D eigenvalue weighted by Crippen LogP contribution is 2.36.